The van der Waals surface area contributed by atoms with Gasteiger partial charge >= 0.3 is 5.56 Å². The van der Waals surface area contributed by atoms with Crippen LogP contribution in [0.1, 0.15) is 0 Å². The molecule has 70 valence electrons. The summed E-state index contributed by atoms with van der Waals surface area (Å²) in [7, 11) is 1.74. The van der Waals surface area contributed by atoms with E-state index < -0.39 is 0 Å². The van der Waals surface area contributed by atoms with Gasteiger partial charge in [0.25, 0.3) is 5.78 Å². The molecule has 3 heterocycles. The molecule has 1 N–H and O–H groups in total. The van der Waals surface area contributed by atoms with Gasteiger partial charge in [0, 0.05) is 7.05 Å². The van der Waals surface area contributed by atoms with Crippen LogP contribution in [-0.2, 0) is 7.05 Å². The van der Waals surface area contributed by atoms with Crippen LogP contribution in [0.5, 0.6) is 0 Å². The first-order chi connectivity index (χ1) is 6.79. The smallest absolute Gasteiger partial charge is 0.303 e. The summed E-state index contributed by atoms with van der Waals surface area (Å²) >= 11 is 0. The fourth-order valence-corrected chi connectivity index (χ4v) is 1.42. The lowest BCUT2D eigenvalue weighted by Crippen LogP contribution is -2.18. The first kappa shape index (κ1) is 7.18. The Kier molecular flexibility index (Phi) is 1.11. The van der Waals surface area contributed by atoms with Gasteiger partial charge in [-0.3, -0.25) is 9.36 Å². The molecule has 0 bridgehead atoms. The zero-order valence-electron chi connectivity index (χ0n) is 7.17. The number of aromatic nitrogens is 7. The summed E-state index contributed by atoms with van der Waals surface area (Å²) in [5.41, 5.74) is 0.639. The zero-order valence-corrected chi connectivity index (χ0v) is 7.17. The molecule has 0 saturated carbocycles. The molecule has 8 nitrogen and oxygen atoms in total. The van der Waals surface area contributed by atoms with E-state index in [4.69, 9.17) is 0 Å². The average molecular weight is 191 g/mol. The third-order valence-corrected chi connectivity index (χ3v) is 2.10. The summed E-state index contributed by atoms with van der Waals surface area (Å²) < 4.78 is 2.77. The lowest BCUT2D eigenvalue weighted by Gasteiger charge is -1.98. The minimum absolute atomic E-state index is 0.296. The fourth-order valence-electron chi connectivity index (χ4n) is 1.42. The predicted molar refractivity (Wildman–Crippen MR) is 45.7 cm³/mol. The van der Waals surface area contributed by atoms with Crippen LogP contribution in [0, 0.1) is 0 Å². The molecule has 3 rings (SSSR count). The molecule has 0 atom stereocenters. The zero-order chi connectivity index (χ0) is 9.71. The van der Waals surface area contributed by atoms with E-state index in [1.807, 2.05) is 0 Å². The van der Waals surface area contributed by atoms with E-state index in [1.165, 1.54) is 6.33 Å². The molecule has 0 fully saturated rings. The van der Waals surface area contributed by atoms with Gasteiger partial charge < -0.3 is 4.98 Å². The number of aryl methyl sites for hydroxylation is 1. The molecule has 0 aromatic carbocycles. The maximum atomic E-state index is 11.7. The predicted octanol–water partition coefficient (Wildman–Crippen LogP) is -1.30. The van der Waals surface area contributed by atoms with Gasteiger partial charge in [-0.05, 0) is 10.4 Å². The second-order valence-electron chi connectivity index (χ2n) is 2.86. The maximum Gasteiger partial charge on any atom is 0.303 e. The van der Waals surface area contributed by atoms with Crippen molar-refractivity contribution in [3.05, 3.63) is 16.7 Å². The van der Waals surface area contributed by atoms with E-state index in [0.29, 0.717) is 16.9 Å². The van der Waals surface area contributed by atoms with Gasteiger partial charge in [0.2, 0.25) is 0 Å². The van der Waals surface area contributed by atoms with Crippen LogP contribution in [0.15, 0.2) is 11.1 Å². The molecule has 0 aliphatic heterocycles. The highest BCUT2D eigenvalue weighted by molar-refractivity contribution is 5.71. The molecule has 3 aromatic heterocycles. The molecule has 0 aliphatic rings. The van der Waals surface area contributed by atoms with Crippen molar-refractivity contribution in [2.45, 2.75) is 0 Å². The van der Waals surface area contributed by atoms with Crippen LogP contribution < -0.4 is 5.56 Å². The Bertz CT molecular complexity index is 619. The standard InChI is InChI=1S/C6H5N7O/c1-12-4-3(7-2-8-4)5(14)13-6(12)9-10-11-13/h2H,1H3,(H,7,8). The van der Waals surface area contributed by atoms with Crippen molar-refractivity contribution in [1.82, 2.24) is 34.6 Å². The number of imidazole rings is 1. The van der Waals surface area contributed by atoms with Crippen molar-refractivity contribution in [2.24, 2.45) is 7.05 Å². The van der Waals surface area contributed by atoms with Gasteiger partial charge in [0.1, 0.15) is 0 Å². The Balaban J connectivity index is 2.79. The van der Waals surface area contributed by atoms with Crippen LogP contribution in [0.4, 0.5) is 0 Å². The number of hydrogen-bond acceptors (Lipinski definition) is 5. The van der Waals surface area contributed by atoms with Gasteiger partial charge in [-0.25, -0.2) is 4.98 Å². The lowest BCUT2D eigenvalue weighted by molar-refractivity contribution is 0.794. The molecule has 0 spiro atoms. The van der Waals surface area contributed by atoms with Crippen LogP contribution in [0.3, 0.4) is 0 Å². The number of nitrogens with zero attached hydrogens (tertiary/aromatic N) is 6. The van der Waals surface area contributed by atoms with Crippen LogP contribution in [0.25, 0.3) is 16.9 Å². The number of rotatable bonds is 0. The summed E-state index contributed by atoms with van der Waals surface area (Å²) in [4.78, 5) is 18.5. The Morgan fingerprint density at radius 2 is 2.36 bits per heavy atom. The molecular weight excluding hydrogens is 186 g/mol. The van der Waals surface area contributed by atoms with E-state index in [1.54, 1.807) is 11.6 Å². The number of nitrogens with one attached hydrogen (secondary N) is 1. The van der Waals surface area contributed by atoms with Crippen LogP contribution >= 0.6 is 0 Å². The molecule has 8 heteroatoms. The van der Waals surface area contributed by atoms with Crippen LogP contribution in [-0.4, -0.2) is 34.6 Å². The number of H-pyrrole nitrogens is 1. The number of aromatic amines is 1. The Hall–Kier alpha value is -2.25. The molecule has 0 unspecified atom stereocenters. The van der Waals surface area contributed by atoms with Gasteiger partial charge in [-0.1, -0.05) is 5.10 Å². The van der Waals surface area contributed by atoms with E-state index in [9.17, 15) is 4.79 Å². The van der Waals surface area contributed by atoms with Crippen molar-refractivity contribution >= 4 is 16.9 Å². The highest BCUT2D eigenvalue weighted by atomic mass is 16.1. The molecule has 3 aromatic rings. The Morgan fingerprint density at radius 3 is 3.21 bits per heavy atom. The summed E-state index contributed by atoms with van der Waals surface area (Å²) in [5, 5.41) is 10.7. The number of fused-ring (bicyclic) bond motifs is 2. The van der Waals surface area contributed by atoms with Crippen molar-refractivity contribution in [3.8, 4) is 0 Å². The third kappa shape index (κ3) is 0.655. The van der Waals surface area contributed by atoms with Gasteiger partial charge in [0.15, 0.2) is 11.2 Å². The second-order valence-corrected chi connectivity index (χ2v) is 2.86. The summed E-state index contributed by atoms with van der Waals surface area (Å²) in [5.74, 6) is 0.370. The van der Waals surface area contributed by atoms with Crippen molar-refractivity contribution in [1.29, 1.82) is 0 Å². The van der Waals surface area contributed by atoms with Gasteiger partial charge in [-0.15, -0.1) is 4.52 Å². The largest absolute Gasteiger partial charge is 0.339 e. The average Bonchev–Trinajstić information content (AvgIpc) is 2.82. The van der Waals surface area contributed by atoms with E-state index >= 15 is 0 Å². The molecular formula is C6H5N7O. The normalized spacial score (nSPS) is 11.5. The number of hydrogen-bond donors (Lipinski definition) is 1. The highest BCUT2D eigenvalue weighted by Crippen LogP contribution is 2.04. The topological polar surface area (TPSA) is 93.8 Å². The van der Waals surface area contributed by atoms with E-state index in [2.05, 4.69) is 25.5 Å². The van der Waals surface area contributed by atoms with Crippen molar-refractivity contribution in [2.75, 3.05) is 0 Å². The molecule has 0 aliphatic carbocycles. The monoisotopic (exact) mass is 191 g/mol. The van der Waals surface area contributed by atoms with Gasteiger partial charge in [-0.2, -0.15) is 0 Å². The minimum Gasteiger partial charge on any atom is -0.339 e. The minimum atomic E-state index is -0.296. The SMILES string of the molecule is Cn1c2nc[nH]c2c(=O)n2nnnc12. The first-order valence-corrected chi connectivity index (χ1v) is 3.89. The Morgan fingerprint density at radius 1 is 1.50 bits per heavy atom. The first-order valence-electron chi connectivity index (χ1n) is 3.89. The summed E-state index contributed by atoms with van der Waals surface area (Å²) in [6, 6.07) is 0. The van der Waals surface area contributed by atoms with Gasteiger partial charge in [0.05, 0.1) is 6.33 Å². The molecule has 0 saturated heterocycles. The van der Waals surface area contributed by atoms with Crippen molar-refractivity contribution < 1.29 is 0 Å². The molecule has 0 amide bonds. The van der Waals surface area contributed by atoms with E-state index in [-0.39, 0.29) is 5.56 Å². The van der Waals surface area contributed by atoms with E-state index in [0.717, 1.165) is 4.52 Å². The second kappa shape index (κ2) is 2.16. The summed E-state index contributed by atoms with van der Waals surface area (Å²) in [6.07, 6.45) is 1.46. The highest BCUT2D eigenvalue weighted by Gasteiger charge is 2.11. The molecule has 14 heavy (non-hydrogen) atoms. The molecule has 0 radical (unpaired) electrons. The number of tetrazole rings is 1. The van der Waals surface area contributed by atoms with Crippen LogP contribution in [0.2, 0.25) is 0 Å². The maximum absolute atomic E-state index is 11.7. The Labute approximate surface area is 76.2 Å². The fraction of sp³-hybridized carbons (Fsp3) is 0.167. The third-order valence-electron chi connectivity index (χ3n) is 2.10. The van der Waals surface area contributed by atoms with Crippen molar-refractivity contribution in [3.63, 3.8) is 0 Å². The quantitative estimate of drug-likeness (QED) is 0.476. The summed E-state index contributed by atoms with van der Waals surface area (Å²) in [6.45, 7) is 0. The lowest BCUT2D eigenvalue weighted by atomic mass is 10.5.